The van der Waals surface area contributed by atoms with E-state index in [0.29, 0.717) is 28.1 Å². The normalized spacial score (nSPS) is 15.1. The predicted octanol–water partition coefficient (Wildman–Crippen LogP) is 4.09. The number of halogens is 2. The summed E-state index contributed by atoms with van der Waals surface area (Å²) in [6.07, 6.45) is 1.53. The number of carbonyl (C=O) groups is 2. The largest absolute Gasteiger partial charge is 0.493 e. The quantitative estimate of drug-likeness (QED) is 0.533. The molecule has 146 valence electrons. The smallest absolute Gasteiger partial charge is 0.329 e. The highest BCUT2D eigenvalue weighted by Crippen LogP contribution is 2.35. The van der Waals surface area contributed by atoms with E-state index in [-0.39, 0.29) is 17.8 Å². The van der Waals surface area contributed by atoms with Gasteiger partial charge in [0.1, 0.15) is 11.5 Å². The van der Waals surface area contributed by atoms with Gasteiger partial charge in [0.15, 0.2) is 11.5 Å². The molecule has 0 spiro atoms. The van der Waals surface area contributed by atoms with Crippen LogP contribution >= 0.6 is 15.9 Å². The van der Waals surface area contributed by atoms with Crippen molar-refractivity contribution in [2.75, 3.05) is 13.7 Å². The topological polar surface area (TPSA) is 67.9 Å². The predicted molar refractivity (Wildman–Crippen MR) is 105 cm³/mol. The Morgan fingerprint density at radius 2 is 1.96 bits per heavy atom. The van der Waals surface area contributed by atoms with Crippen LogP contribution in [0.1, 0.15) is 18.1 Å². The van der Waals surface area contributed by atoms with Crippen LogP contribution in [0.15, 0.2) is 46.6 Å². The Kier molecular flexibility index (Phi) is 5.99. The molecule has 3 rings (SSSR count). The lowest BCUT2D eigenvalue weighted by atomic mass is 10.1. The summed E-state index contributed by atoms with van der Waals surface area (Å²) in [5.41, 5.74) is 0.973. The number of amides is 3. The van der Waals surface area contributed by atoms with E-state index in [9.17, 15) is 14.0 Å². The summed E-state index contributed by atoms with van der Waals surface area (Å²) in [5.74, 6) is 0.0476. The molecular formula is C20H18BrFN2O4. The summed E-state index contributed by atoms with van der Waals surface area (Å²) >= 11 is 3.43. The van der Waals surface area contributed by atoms with E-state index in [1.54, 1.807) is 24.3 Å². The Labute approximate surface area is 170 Å². The third-order valence-corrected chi connectivity index (χ3v) is 4.82. The zero-order chi connectivity index (χ0) is 20.3. The van der Waals surface area contributed by atoms with Gasteiger partial charge in [-0.15, -0.1) is 0 Å². The second kappa shape index (κ2) is 8.43. The van der Waals surface area contributed by atoms with E-state index in [2.05, 4.69) is 21.2 Å². The number of methoxy groups -OCH3 is 1. The van der Waals surface area contributed by atoms with Crippen LogP contribution in [0, 0.1) is 5.82 Å². The standard InChI is InChI=1S/C20H18BrFN2O4/c1-3-28-18-10-14(21)13(9-17(18)27-2)8-16-19(25)24(20(26)23-16)11-12-6-4-5-7-15(12)22/h4-10H,3,11H2,1-2H3,(H,23,26). The van der Waals surface area contributed by atoms with Crippen molar-refractivity contribution in [3.8, 4) is 11.5 Å². The molecule has 1 aliphatic rings. The number of nitrogens with zero attached hydrogens (tertiary/aromatic N) is 1. The molecule has 28 heavy (non-hydrogen) atoms. The van der Waals surface area contributed by atoms with Gasteiger partial charge in [0.25, 0.3) is 5.91 Å². The number of ether oxygens (including phenoxy) is 2. The van der Waals surface area contributed by atoms with E-state index < -0.39 is 17.8 Å². The fourth-order valence-corrected chi connectivity index (χ4v) is 3.19. The third kappa shape index (κ3) is 4.01. The molecule has 1 aliphatic heterocycles. The van der Waals surface area contributed by atoms with Crippen molar-refractivity contribution in [3.05, 3.63) is 63.5 Å². The minimum atomic E-state index is -0.603. The van der Waals surface area contributed by atoms with Crippen LogP contribution in [0.5, 0.6) is 11.5 Å². The molecule has 1 fully saturated rings. The highest BCUT2D eigenvalue weighted by Gasteiger charge is 2.34. The highest BCUT2D eigenvalue weighted by molar-refractivity contribution is 9.10. The zero-order valence-electron chi connectivity index (χ0n) is 15.3. The van der Waals surface area contributed by atoms with Crippen molar-refractivity contribution in [2.24, 2.45) is 0 Å². The maximum absolute atomic E-state index is 13.9. The molecule has 0 atom stereocenters. The first-order valence-electron chi connectivity index (χ1n) is 8.52. The number of carbonyl (C=O) groups excluding carboxylic acids is 2. The van der Waals surface area contributed by atoms with Crippen LogP contribution in [0.4, 0.5) is 9.18 Å². The Balaban J connectivity index is 1.88. The van der Waals surface area contributed by atoms with Gasteiger partial charge in [0.05, 0.1) is 20.3 Å². The van der Waals surface area contributed by atoms with E-state index in [0.717, 1.165) is 4.90 Å². The van der Waals surface area contributed by atoms with Crippen LogP contribution in [0.2, 0.25) is 0 Å². The Hall–Kier alpha value is -2.87. The molecule has 0 radical (unpaired) electrons. The van der Waals surface area contributed by atoms with Gasteiger partial charge in [0, 0.05) is 10.0 Å². The van der Waals surface area contributed by atoms with Gasteiger partial charge in [-0.3, -0.25) is 9.69 Å². The minimum Gasteiger partial charge on any atom is -0.493 e. The molecule has 1 heterocycles. The van der Waals surface area contributed by atoms with Crippen molar-refractivity contribution in [1.82, 2.24) is 10.2 Å². The SMILES string of the molecule is CCOc1cc(Br)c(C=C2NC(=O)N(Cc3ccccc3F)C2=O)cc1OC. The maximum Gasteiger partial charge on any atom is 0.329 e. The molecule has 0 aliphatic carbocycles. The summed E-state index contributed by atoms with van der Waals surface area (Å²) < 4.78 is 25.4. The molecule has 1 saturated heterocycles. The first-order chi connectivity index (χ1) is 13.4. The van der Waals surface area contributed by atoms with Gasteiger partial charge in [-0.1, -0.05) is 34.1 Å². The third-order valence-electron chi connectivity index (χ3n) is 4.13. The summed E-state index contributed by atoms with van der Waals surface area (Å²) in [7, 11) is 1.52. The fourth-order valence-electron chi connectivity index (χ4n) is 2.76. The van der Waals surface area contributed by atoms with Gasteiger partial charge < -0.3 is 14.8 Å². The summed E-state index contributed by atoms with van der Waals surface area (Å²) in [6.45, 7) is 2.19. The molecule has 0 bridgehead atoms. The Bertz CT molecular complexity index is 961. The molecule has 8 heteroatoms. The van der Waals surface area contributed by atoms with Crippen molar-refractivity contribution >= 4 is 33.9 Å². The number of benzene rings is 2. The molecule has 0 unspecified atom stereocenters. The van der Waals surface area contributed by atoms with Gasteiger partial charge in [0.2, 0.25) is 0 Å². The van der Waals surface area contributed by atoms with Gasteiger partial charge in [-0.2, -0.15) is 0 Å². The average Bonchev–Trinajstić information content (AvgIpc) is 2.93. The van der Waals surface area contributed by atoms with Crippen LogP contribution < -0.4 is 14.8 Å². The lowest BCUT2D eigenvalue weighted by Gasteiger charge is -2.12. The minimum absolute atomic E-state index is 0.0910. The monoisotopic (exact) mass is 448 g/mol. The van der Waals surface area contributed by atoms with Crippen LogP contribution in [0.3, 0.4) is 0 Å². The molecule has 2 aromatic carbocycles. The highest BCUT2D eigenvalue weighted by atomic mass is 79.9. The molecule has 1 N–H and O–H groups in total. The summed E-state index contributed by atoms with van der Waals surface area (Å²) in [6, 6.07) is 8.84. The van der Waals surface area contributed by atoms with E-state index in [4.69, 9.17) is 9.47 Å². The van der Waals surface area contributed by atoms with E-state index >= 15 is 0 Å². The van der Waals surface area contributed by atoms with E-state index in [1.807, 2.05) is 6.92 Å². The lowest BCUT2D eigenvalue weighted by molar-refractivity contribution is -0.123. The molecule has 3 amide bonds. The van der Waals surface area contributed by atoms with Crippen LogP contribution in [-0.2, 0) is 11.3 Å². The molecular weight excluding hydrogens is 431 g/mol. The molecule has 0 aromatic heterocycles. The van der Waals surface area contributed by atoms with Gasteiger partial charge in [-0.25, -0.2) is 9.18 Å². The van der Waals surface area contributed by atoms with Gasteiger partial charge in [-0.05, 0) is 36.8 Å². The number of rotatable bonds is 6. The number of hydrogen-bond acceptors (Lipinski definition) is 4. The molecule has 0 saturated carbocycles. The second-order valence-electron chi connectivity index (χ2n) is 5.93. The Morgan fingerprint density at radius 3 is 2.64 bits per heavy atom. The molecule has 2 aromatic rings. The number of nitrogens with one attached hydrogen (secondary N) is 1. The van der Waals surface area contributed by atoms with Crippen molar-refractivity contribution < 1.29 is 23.5 Å². The number of imide groups is 1. The Morgan fingerprint density at radius 1 is 1.21 bits per heavy atom. The van der Waals surface area contributed by atoms with Crippen LogP contribution in [0.25, 0.3) is 6.08 Å². The number of urea groups is 1. The fraction of sp³-hybridized carbons (Fsp3) is 0.200. The van der Waals surface area contributed by atoms with Gasteiger partial charge >= 0.3 is 6.03 Å². The van der Waals surface area contributed by atoms with Crippen molar-refractivity contribution in [3.63, 3.8) is 0 Å². The van der Waals surface area contributed by atoms with E-state index in [1.165, 1.54) is 25.3 Å². The first kappa shape index (κ1) is 19.9. The lowest BCUT2D eigenvalue weighted by Crippen LogP contribution is -2.30. The molecule has 6 nitrogen and oxygen atoms in total. The van der Waals surface area contributed by atoms with Crippen molar-refractivity contribution in [2.45, 2.75) is 13.5 Å². The zero-order valence-corrected chi connectivity index (χ0v) is 16.9. The second-order valence-corrected chi connectivity index (χ2v) is 6.78. The van der Waals surface area contributed by atoms with Crippen molar-refractivity contribution in [1.29, 1.82) is 0 Å². The maximum atomic E-state index is 13.9. The summed E-state index contributed by atoms with van der Waals surface area (Å²) in [5, 5.41) is 2.53. The first-order valence-corrected chi connectivity index (χ1v) is 9.32. The average molecular weight is 449 g/mol. The number of hydrogen-bond donors (Lipinski definition) is 1. The summed E-state index contributed by atoms with van der Waals surface area (Å²) in [4.78, 5) is 25.8. The van der Waals surface area contributed by atoms with Crippen LogP contribution in [-0.4, -0.2) is 30.6 Å².